The molecule has 1 aliphatic heterocycles. The molecular weight excluding hydrogens is 316 g/mol. The van der Waals surface area contributed by atoms with Gasteiger partial charge in [0.25, 0.3) is 0 Å². The molecule has 1 saturated carbocycles. The summed E-state index contributed by atoms with van der Waals surface area (Å²) in [5.41, 5.74) is 0. The van der Waals surface area contributed by atoms with Gasteiger partial charge in [-0.2, -0.15) is 0 Å². The van der Waals surface area contributed by atoms with E-state index in [1.165, 1.54) is 37.0 Å². The number of piperidine rings is 1. The van der Waals surface area contributed by atoms with Crippen LogP contribution in [-0.4, -0.2) is 38.5 Å². The highest BCUT2D eigenvalue weighted by atomic mass is 32.2. The number of rotatable bonds is 5. The molecule has 2 heterocycles. The first-order valence-electron chi connectivity index (χ1n) is 8.43. The lowest BCUT2D eigenvalue weighted by molar-refractivity contribution is 0.151. The highest BCUT2D eigenvalue weighted by Crippen LogP contribution is 2.27. The van der Waals surface area contributed by atoms with Crippen LogP contribution in [0.5, 0.6) is 0 Å². The van der Waals surface area contributed by atoms with E-state index < -0.39 is 10.0 Å². The van der Waals surface area contributed by atoms with Gasteiger partial charge in [0.1, 0.15) is 4.21 Å². The van der Waals surface area contributed by atoms with E-state index in [-0.39, 0.29) is 6.04 Å². The average molecular weight is 343 g/mol. The van der Waals surface area contributed by atoms with Crippen LogP contribution < -0.4 is 4.72 Å². The van der Waals surface area contributed by atoms with Crippen molar-refractivity contribution >= 4 is 21.4 Å². The Hall–Kier alpha value is -0.430. The number of likely N-dealkylation sites (tertiary alicyclic amines) is 1. The topological polar surface area (TPSA) is 49.4 Å². The van der Waals surface area contributed by atoms with Crippen LogP contribution in [0, 0.1) is 0 Å². The fourth-order valence-corrected chi connectivity index (χ4v) is 6.24. The van der Waals surface area contributed by atoms with Crippen LogP contribution in [-0.2, 0) is 16.4 Å². The molecule has 3 rings (SSSR count). The van der Waals surface area contributed by atoms with Crippen LogP contribution in [0.1, 0.15) is 50.3 Å². The van der Waals surface area contributed by atoms with Crippen LogP contribution in [0.25, 0.3) is 0 Å². The Balaban J connectivity index is 1.55. The van der Waals surface area contributed by atoms with Crippen molar-refractivity contribution in [2.24, 2.45) is 0 Å². The molecule has 2 fully saturated rings. The van der Waals surface area contributed by atoms with Crippen LogP contribution in [0.2, 0.25) is 0 Å². The van der Waals surface area contributed by atoms with Crippen molar-refractivity contribution in [1.29, 1.82) is 0 Å². The second-order valence-electron chi connectivity index (χ2n) is 6.44. The first-order chi connectivity index (χ1) is 10.6. The number of hydrogen-bond donors (Lipinski definition) is 1. The molecule has 4 nitrogen and oxygen atoms in total. The predicted molar refractivity (Wildman–Crippen MR) is 90.9 cm³/mol. The molecule has 2 aliphatic rings. The zero-order valence-electron chi connectivity index (χ0n) is 13.3. The maximum absolute atomic E-state index is 12.5. The fourth-order valence-electron chi connectivity index (χ4n) is 3.62. The molecule has 124 valence electrons. The van der Waals surface area contributed by atoms with E-state index in [4.69, 9.17) is 0 Å². The second kappa shape index (κ2) is 6.99. The van der Waals surface area contributed by atoms with E-state index in [9.17, 15) is 8.42 Å². The summed E-state index contributed by atoms with van der Waals surface area (Å²) in [5, 5.41) is 0. The molecule has 6 heteroatoms. The molecule has 0 unspecified atom stereocenters. The normalized spacial score (nSPS) is 22.4. The van der Waals surface area contributed by atoms with Crippen molar-refractivity contribution < 1.29 is 8.42 Å². The van der Waals surface area contributed by atoms with Crippen LogP contribution in [0.3, 0.4) is 0 Å². The maximum atomic E-state index is 12.5. The number of nitrogens with one attached hydrogen (secondary N) is 1. The third kappa shape index (κ3) is 3.72. The quantitative estimate of drug-likeness (QED) is 0.895. The summed E-state index contributed by atoms with van der Waals surface area (Å²) in [6.07, 6.45) is 8.12. The van der Waals surface area contributed by atoms with Gasteiger partial charge in [-0.25, -0.2) is 13.1 Å². The van der Waals surface area contributed by atoms with Crippen LogP contribution in [0.15, 0.2) is 16.3 Å². The Labute approximate surface area is 138 Å². The second-order valence-corrected chi connectivity index (χ2v) is 9.55. The van der Waals surface area contributed by atoms with Gasteiger partial charge in [-0.1, -0.05) is 19.8 Å². The Morgan fingerprint density at radius 2 is 1.86 bits per heavy atom. The van der Waals surface area contributed by atoms with Crippen LogP contribution >= 0.6 is 11.3 Å². The summed E-state index contributed by atoms with van der Waals surface area (Å²) in [4.78, 5) is 3.69. The predicted octanol–water partition coefficient (Wildman–Crippen LogP) is 3.00. The smallest absolute Gasteiger partial charge is 0.250 e. The number of hydrogen-bond acceptors (Lipinski definition) is 4. The largest absolute Gasteiger partial charge is 0.300 e. The van der Waals surface area contributed by atoms with Crippen LogP contribution in [0.4, 0.5) is 0 Å². The molecule has 22 heavy (non-hydrogen) atoms. The molecular formula is C16H26N2O2S2. The van der Waals surface area contributed by atoms with Gasteiger partial charge in [0.15, 0.2) is 0 Å². The van der Waals surface area contributed by atoms with Gasteiger partial charge < -0.3 is 4.90 Å². The lowest BCUT2D eigenvalue weighted by Gasteiger charge is -2.36. The average Bonchev–Trinajstić information content (AvgIpc) is 3.19. The van der Waals surface area contributed by atoms with Gasteiger partial charge in [-0.15, -0.1) is 11.3 Å². The molecule has 1 aromatic heterocycles. The van der Waals surface area contributed by atoms with Crippen molar-refractivity contribution in [3.63, 3.8) is 0 Å². The SMILES string of the molecule is CCc1ccc(S(=O)(=O)NC2CCN(C3CCCC3)CC2)s1. The third-order valence-electron chi connectivity index (χ3n) is 4.94. The third-order valence-corrected chi connectivity index (χ3v) is 8.18. The monoisotopic (exact) mass is 342 g/mol. The Morgan fingerprint density at radius 3 is 2.45 bits per heavy atom. The Bertz CT molecular complexity index is 583. The number of aryl methyl sites for hydroxylation is 1. The molecule has 1 N–H and O–H groups in total. The molecule has 0 aromatic carbocycles. The molecule has 1 saturated heterocycles. The van der Waals surface area contributed by atoms with Crippen molar-refractivity contribution in [1.82, 2.24) is 9.62 Å². The lowest BCUT2D eigenvalue weighted by Crippen LogP contribution is -2.47. The van der Waals surface area contributed by atoms with Gasteiger partial charge in [-0.05, 0) is 57.3 Å². The minimum atomic E-state index is -3.34. The van der Waals surface area contributed by atoms with E-state index >= 15 is 0 Å². The van der Waals surface area contributed by atoms with Crippen molar-refractivity contribution in [3.8, 4) is 0 Å². The lowest BCUT2D eigenvalue weighted by atomic mass is 10.0. The molecule has 0 amide bonds. The highest BCUT2D eigenvalue weighted by Gasteiger charge is 2.29. The number of thiophene rings is 1. The Morgan fingerprint density at radius 1 is 1.18 bits per heavy atom. The van der Waals surface area contributed by atoms with E-state index in [2.05, 4.69) is 16.5 Å². The van der Waals surface area contributed by atoms with Gasteiger partial charge in [0, 0.05) is 17.0 Å². The summed E-state index contributed by atoms with van der Waals surface area (Å²) in [6.45, 7) is 4.11. The fraction of sp³-hybridized carbons (Fsp3) is 0.750. The van der Waals surface area contributed by atoms with Crippen molar-refractivity contribution in [2.45, 2.75) is 68.2 Å². The molecule has 0 spiro atoms. The van der Waals surface area contributed by atoms with Crippen molar-refractivity contribution in [2.75, 3.05) is 13.1 Å². The van der Waals surface area contributed by atoms with E-state index in [0.29, 0.717) is 4.21 Å². The van der Waals surface area contributed by atoms with Crippen molar-refractivity contribution in [3.05, 3.63) is 17.0 Å². The summed E-state index contributed by atoms with van der Waals surface area (Å²) in [7, 11) is -3.34. The zero-order valence-corrected chi connectivity index (χ0v) is 14.9. The minimum Gasteiger partial charge on any atom is -0.300 e. The summed E-state index contributed by atoms with van der Waals surface area (Å²) >= 11 is 1.39. The molecule has 0 radical (unpaired) electrons. The van der Waals surface area contributed by atoms with Gasteiger partial charge in [-0.3, -0.25) is 0 Å². The molecule has 1 aromatic rings. The molecule has 1 aliphatic carbocycles. The summed E-state index contributed by atoms with van der Waals surface area (Å²) in [6, 6.07) is 4.50. The molecule has 0 atom stereocenters. The van der Waals surface area contributed by atoms with E-state index in [1.807, 2.05) is 6.07 Å². The highest BCUT2D eigenvalue weighted by molar-refractivity contribution is 7.91. The number of sulfonamides is 1. The van der Waals surface area contributed by atoms with Gasteiger partial charge >= 0.3 is 0 Å². The number of nitrogens with zero attached hydrogens (tertiary/aromatic N) is 1. The van der Waals surface area contributed by atoms with Gasteiger partial charge in [0.05, 0.1) is 0 Å². The van der Waals surface area contributed by atoms with E-state index in [0.717, 1.165) is 43.3 Å². The minimum absolute atomic E-state index is 0.0924. The van der Waals surface area contributed by atoms with Gasteiger partial charge in [0.2, 0.25) is 10.0 Å². The first kappa shape index (κ1) is 16.4. The Kier molecular flexibility index (Phi) is 5.22. The van der Waals surface area contributed by atoms with E-state index in [1.54, 1.807) is 6.07 Å². The molecule has 0 bridgehead atoms. The summed E-state index contributed by atoms with van der Waals surface area (Å²) in [5.74, 6) is 0. The first-order valence-corrected chi connectivity index (χ1v) is 10.7. The standard InChI is InChI=1S/C16H26N2O2S2/c1-2-15-7-8-16(21-15)22(19,20)17-13-9-11-18(12-10-13)14-5-3-4-6-14/h7-8,13-14,17H,2-6,9-12H2,1H3. The zero-order chi connectivity index (χ0) is 15.6. The maximum Gasteiger partial charge on any atom is 0.250 e. The summed E-state index contributed by atoms with van der Waals surface area (Å²) < 4.78 is 28.3.